The van der Waals surface area contributed by atoms with Crippen molar-refractivity contribution in [3.8, 4) is 0 Å². The predicted molar refractivity (Wildman–Crippen MR) is 130 cm³/mol. The van der Waals surface area contributed by atoms with Crippen molar-refractivity contribution in [2.24, 2.45) is 0 Å². The Morgan fingerprint density at radius 3 is 2.56 bits per heavy atom. The topological polar surface area (TPSA) is 67.4 Å². The number of hydrogen-bond acceptors (Lipinski definition) is 6. The third-order valence-corrected chi connectivity index (χ3v) is 6.42. The maximum absolute atomic E-state index is 12.8. The largest absolute Gasteiger partial charge is 0.379 e. The number of anilines is 1. The number of aromatic nitrogens is 2. The molecule has 1 aromatic heterocycles. The molecule has 2 aromatic carbocycles. The van der Waals surface area contributed by atoms with Gasteiger partial charge in [0, 0.05) is 24.2 Å². The number of para-hydroxylation sites is 2. The standard InChI is InChI=1S/C25H30N4O2S/c1-25(2,3)19-9-5-7-11-21(19)27-23(30)17-32-24-18-8-4-6-10-20(18)26-22(28-24)16-29-12-14-31-15-13-29/h4-11H,12-17H2,1-3H3,(H,27,30). The van der Waals surface area contributed by atoms with Gasteiger partial charge in [0.1, 0.15) is 10.9 Å². The van der Waals surface area contributed by atoms with Crippen LogP contribution < -0.4 is 5.32 Å². The van der Waals surface area contributed by atoms with Crippen LogP contribution in [0.5, 0.6) is 0 Å². The summed E-state index contributed by atoms with van der Waals surface area (Å²) in [7, 11) is 0. The predicted octanol–water partition coefficient (Wildman–Crippen LogP) is 4.49. The highest BCUT2D eigenvalue weighted by atomic mass is 32.2. The normalized spacial score (nSPS) is 15.1. The van der Waals surface area contributed by atoms with Crippen molar-refractivity contribution in [3.63, 3.8) is 0 Å². The van der Waals surface area contributed by atoms with E-state index >= 15 is 0 Å². The van der Waals surface area contributed by atoms with E-state index in [-0.39, 0.29) is 17.1 Å². The minimum Gasteiger partial charge on any atom is -0.379 e. The Bertz CT molecular complexity index is 1090. The number of nitrogens with one attached hydrogen (secondary N) is 1. The Morgan fingerprint density at radius 2 is 1.78 bits per heavy atom. The summed E-state index contributed by atoms with van der Waals surface area (Å²) >= 11 is 1.46. The number of ether oxygens (including phenoxy) is 1. The van der Waals surface area contributed by atoms with Gasteiger partial charge in [-0.3, -0.25) is 9.69 Å². The molecule has 4 rings (SSSR count). The van der Waals surface area contributed by atoms with Gasteiger partial charge < -0.3 is 10.1 Å². The molecule has 0 bridgehead atoms. The number of morpholine rings is 1. The number of hydrogen-bond donors (Lipinski definition) is 1. The Balaban J connectivity index is 1.49. The monoisotopic (exact) mass is 450 g/mol. The van der Waals surface area contributed by atoms with Crippen LogP contribution in [0.1, 0.15) is 32.2 Å². The summed E-state index contributed by atoms with van der Waals surface area (Å²) in [6.07, 6.45) is 0. The molecule has 0 atom stereocenters. The molecule has 1 fully saturated rings. The van der Waals surface area contributed by atoms with Gasteiger partial charge in [0.25, 0.3) is 0 Å². The van der Waals surface area contributed by atoms with Gasteiger partial charge in [-0.2, -0.15) is 0 Å². The van der Waals surface area contributed by atoms with E-state index in [1.165, 1.54) is 11.8 Å². The Hall–Kier alpha value is -2.48. The summed E-state index contributed by atoms with van der Waals surface area (Å²) in [5.74, 6) is 1.03. The summed E-state index contributed by atoms with van der Waals surface area (Å²) in [6.45, 7) is 10.4. The summed E-state index contributed by atoms with van der Waals surface area (Å²) in [6, 6.07) is 16.0. The van der Waals surface area contributed by atoms with Crippen molar-refractivity contribution in [2.75, 3.05) is 37.4 Å². The number of thioether (sulfide) groups is 1. The van der Waals surface area contributed by atoms with Crippen molar-refractivity contribution < 1.29 is 9.53 Å². The van der Waals surface area contributed by atoms with Gasteiger partial charge in [-0.25, -0.2) is 9.97 Å². The second-order valence-corrected chi connectivity index (χ2v) is 9.95. The van der Waals surface area contributed by atoms with E-state index in [9.17, 15) is 4.79 Å². The molecule has 6 nitrogen and oxygen atoms in total. The number of nitrogens with zero attached hydrogens (tertiary/aromatic N) is 3. The van der Waals surface area contributed by atoms with E-state index in [0.29, 0.717) is 6.54 Å². The van der Waals surface area contributed by atoms with Crippen LogP contribution >= 0.6 is 11.8 Å². The first kappa shape index (κ1) is 22.7. The SMILES string of the molecule is CC(C)(C)c1ccccc1NC(=O)CSc1nc(CN2CCOCC2)nc2ccccc12. The summed E-state index contributed by atoms with van der Waals surface area (Å²) in [4.78, 5) is 24.7. The molecule has 0 radical (unpaired) electrons. The van der Waals surface area contributed by atoms with Crippen LogP contribution in [0, 0.1) is 0 Å². The first-order valence-electron chi connectivity index (χ1n) is 11.0. The molecule has 0 unspecified atom stereocenters. The van der Waals surface area contributed by atoms with E-state index in [0.717, 1.165) is 59.3 Å². The van der Waals surface area contributed by atoms with E-state index in [1.54, 1.807) is 0 Å². The molecule has 3 aromatic rings. The van der Waals surface area contributed by atoms with Crippen LogP contribution in [-0.2, 0) is 21.5 Å². The van der Waals surface area contributed by atoms with Crippen LogP contribution in [0.25, 0.3) is 10.9 Å². The Morgan fingerprint density at radius 1 is 1.06 bits per heavy atom. The van der Waals surface area contributed by atoms with Gasteiger partial charge in [0.05, 0.1) is 31.0 Å². The molecule has 1 N–H and O–H groups in total. The second-order valence-electron chi connectivity index (χ2n) is 8.98. The van der Waals surface area contributed by atoms with E-state index < -0.39 is 0 Å². The molecule has 1 aliphatic rings. The van der Waals surface area contributed by atoms with Gasteiger partial charge in [-0.05, 0) is 23.1 Å². The van der Waals surface area contributed by atoms with Crippen molar-refractivity contribution in [1.29, 1.82) is 0 Å². The minimum atomic E-state index is -0.0474. The van der Waals surface area contributed by atoms with Crippen LogP contribution in [0.15, 0.2) is 53.6 Å². The molecule has 0 aliphatic carbocycles. The van der Waals surface area contributed by atoms with Crippen LogP contribution in [0.2, 0.25) is 0 Å². The molecule has 0 saturated carbocycles. The lowest BCUT2D eigenvalue weighted by molar-refractivity contribution is -0.113. The van der Waals surface area contributed by atoms with Gasteiger partial charge in [0.2, 0.25) is 5.91 Å². The number of benzene rings is 2. The van der Waals surface area contributed by atoms with Gasteiger partial charge in [0.15, 0.2) is 0 Å². The van der Waals surface area contributed by atoms with Crippen molar-refractivity contribution in [1.82, 2.24) is 14.9 Å². The highest BCUT2D eigenvalue weighted by Crippen LogP contribution is 2.30. The highest BCUT2D eigenvalue weighted by Gasteiger charge is 2.19. The molecule has 0 spiro atoms. The fraction of sp³-hybridized carbons (Fsp3) is 0.400. The fourth-order valence-corrected chi connectivity index (χ4v) is 4.64. The molecular formula is C25H30N4O2S. The van der Waals surface area contributed by atoms with Crippen LogP contribution in [-0.4, -0.2) is 52.8 Å². The van der Waals surface area contributed by atoms with Crippen molar-refractivity contribution in [2.45, 2.75) is 37.8 Å². The van der Waals surface area contributed by atoms with Gasteiger partial charge in [-0.1, -0.05) is 68.9 Å². The summed E-state index contributed by atoms with van der Waals surface area (Å²) in [5.41, 5.74) is 2.85. The molecule has 1 saturated heterocycles. The van der Waals surface area contributed by atoms with Crippen LogP contribution in [0.3, 0.4) is 0 Å². The Kier molecular flexibility index (Phi) is 7.08. The van der Waals surface area contributed by atoms with E-state index in [1.807, 2.05) is 42.5 Å². The lowest BCUT2D eigenvalue weighted by Gasteiger charge is -2.26. The third kappa shape index (κ3) is 5.65. The molecule has 2 heterocycles. The summed E-state index contributed by atoms with van der Waals surface area (Å²) in [5, 5.41) is 4.91. The molecule has 1 amide bonds. The number of carbonyl (C=O) groups is 1. The first-order valence-corrected chi connectivity index (χ1v) is 12.0. The zero-order valence-corrected chi connectivity index (χ0v) is 19.7. The highest BCUT2D eigenvalue weighted by molar-refractivity contribution is 8.00. The average molecular weight is 451 g/mol. The molecule has 7 heteroatoms. The fourth-order valence-electron chi connectivity index (χ4n) is 3.80. The number of fused-ring (bicyclic) bond motifs is 1. The van der Waals surface area contributed by atoms with Gasteiger partial charge >= 0.3 is 0 Å². The zero-order chi connectivity index (χ0) is 22.6. The number of amides is 1. The maximum atomic E-state index is 12.8. The molecule has 1 aliphatic heterocycles. The molecule has 168 valence electrons. The Labute approximate surface area is 193 Å². The lowest BCUT2D eigenvalue weighted by Crippen LogP contribution is -2.36. The average Bonchev–Trinajstić information content (AvgIpc) is 2.78. The van der Waals surface area contributed by atoms with Crippen molar-refractivity contribution in [3.05, 3.63) is 59.9 Å². The smallest absolute Gasteiger partial charge is 0.234 e. The number of carbonyl (C=O) groups excluding carboxylic acids is 1. The summed E-state index contributed by atoms with van der Waals surface area (Å²) < 4.78 is 5.44. The van der Waals surface area contributed by atoms with Gasteiger partial charge in [-0.15, -0.1) is 0 Å². The second kappa shape index (κ2) is 9.98. The first-order chi connectivity index (χ1) is 15.4. The maximum Gasteiger partial charge on any atom is 0.234 e. The zero-order valence-electron chi connectivity index (χ0n) is 18.9. The van der Waals surface area contributed by atoms with E-state index in [4.69, 9.17) is 14.7 Å². The molecular weight excluding hydrogens is 420 g/mol. The van der Waals surface area contributed by atoms with Crippen LogP contribution in [0.4, 0.5) is 5.69 Å². The number of rotatable bonds is 6. The van der Waals surface area contributed by atoms with Crippen molar-refractivity contribution >= 4 is 34.3 Å². The third-order valence-electron chi connectivity index (χ3n) is 5.43. The molecule has 32 heavy (non-hydrogen) atoms. The van der Waals surface area contributed by atoms with E-state index in [2.05, 4.69) is 37.1 Å². The quantitative estimate of drug-likeness (QED) is 0.441. The lowest BCUT2D eigenvalue weighted by atomic mass is 9.86. The minimum absolute atomic E-state index is 0.0378.